The summed E-state index contributed by atoms with van der Waals surface area (Å²) >= 11 is 0. The largest absolute Gasteiger partial charge is 0.494 e. The Balaban J connectivity index is 1.49. The molecule has 4 rings (SSSR count). The lowest BCUT2D eigenvalue weighted by atomic mass is 10.0. The van der Waals surface area contributed by atoms with E-state index in [2.05, 4.69) is 22.1 Å². The molecule has 0 unspecified atom stereocenters. The second-order valence-electron chi connectivity index (χ2n) is 8.86. The molecule has 1 aliphatic heterocycles. The van der Waals surface area contributed by atoms with E-state index in [1.807, 2.05) is 10.9 Å². The molecule has 1 saturated heterocycles. The topological polar surface area (TPSA) is 72.3 Å². The summed E-state index contributed by atoms with van der Waals surface area (Å²) in [6.45, 7) is 5.43. The number of carbonyl (C=O) groups excluding carboxylic acids is 1. The van der Waals surface area contributed by atoms with Crippen molar-refractivity contribution in [2.75, 3.05) is 32.1 Å². The van der Waals surface area contributed by atoms with Crippen LogP contribution in [0.4, 0.5) is 18.9 Å². The van der Waals surface area contributed by atoms with Gasteiger partial charge in [0.05, 0.1) is 24.4 Å². The molecule has 0 spiro atoms. The molecule has 1 fully saturated rings. The Bertz CT molecular complexity index is 1170. The Labute approximate surface area is 202 Å². The summed E-state index contributed by atoms with van der Waals surface area (Å²) in [4.78, 5) is 18.6. The second-order valence-corrected chi connectivity index (χ2v) is 8.86. The minimum atomic E-state index is -4.63. The molecule has 0 saturated carbocycles. The van der Waals surface area contributed by atoms with Crippen molar-refractivity contribution in [3.63, 3.8) is 0 Å². The zero-order chi connectivity index (χ0) is 25.0. The molecule has 188 valence electrons. The average molecular weight is 490 g/mol. The number of fused-ring (bicyclic) bond motifs is 1. The van der Waals surface area contributed by atoms with Gasteiger partial charge in [0.1, 0.15) is 17.1 Å². The standard InChI is InChI=1S/C25H30F3N5O2/c1-3-4-5-11-32-12-9-18(10-13-32)33-16-17-14-21(22(35-2)15-20(17)31-33)30-24(34)19-7-6-8-23(29-19)25(26,27)28/h6-8,14-16,18H,3-5,9-13H2,1-2H3,(H,30,34). The minimum absolute atomic E-state index is 0.295. The molecule has 3 aromatic rings. The monoisotopic (exact) mass is 489 g/mol. The SMILES string of the molecule is CCCCCN1CCC(n2cc3cc(NC(=O)c4cccc(C(F)(F)F)n4)c(OC)cc3n2)CC1. The molecule has 0 atom stereocenters. The van der Waals surface area contributed by atoms with E-state index in [1.54, 1.807) is 12.1 Å². The average Bonchev–Trinajstić information content (AvgIpc) is 3.26. The maximum absolute atomic E-state index is 13.0. The van der Waals surface area contributed by atoms with Crippen LogP contribution < -0.4 is 10.1 Å². The maximum Gasteiger partial charge on any atom is 0.433 e. The van der Waals surface area contributed by atoms with Crippen LogP contribution in [0.3, 0.4) is 0 Å². The number of nitrogens with one attached hydrogen (secondary N) is 1. The van der Waals surface area contributed by atoms with E-state index >= 15 is 0 Å². The lowest BCUT2D eigenvalue weighted by Gasteiger charge is -2.32. The molecular formula is C25H30F3N5O2. The summed E-state index contributed by atoms with van der Waals surface area (Å²) in [5, 5.41) is 8.17. The summed E-state index contributed by atoms with van der Waals surface area (Å²) in [5.74, 6) is -0.384. The van der Waals surface area contributed by atoms with Gasteiger partial charge in [0.2, 0.25) is 0 Å². The Morgan fingerprint density at radius 3 is 2.66 bits per heavy atom. The highest BCUT2D eigenvalue weighted by Gasteiger charge is 2.33. The maximum atomic E-state index is 13.0. The third-order valence-corrected chi connectivity index (χ3v) is 6.37. The van der Waals surface area contributed by atoms with E-state index in [0.717, 1.165) is 55.5 Å². The molecule has 1 N–H and O–H groups in total. The van der Waals surface area contributed by atoms with Gasteiger partial charge in [-0.05, 0) is 44.0 Å². The van der Waals surface area contributed by atoms with Crippen molar-refractivity contribution in [1.82, 2.24) is 19.7 Å². The summed E-state index contributed by atoms with van der Waals surface area (Å²) in [7, 11) is 1.46. The molecule has 1 aromatic carbocycles. The first-order valence-corrected chi connectivity index (χ1v) is 11.9. The Morgan fingerprint density at radius 1 is 1.20 bits per heavy atom. The smallest absolute Gasteiger partial charge is 0.433 e. The number of anilines is 1. The lowest BCUT2D eigenvalue weighted by Crippen LogP contribution is -2.35. The van der Waals surface area contributed by atoms with Crippen molar-refractivity contribution in [3.05, 3.63) is 47.9 Å². The first kappa shape index (κ1) is 25.0. The fraction of sp³-hybridized carbons (Fsp3) is 0.480. The number of hydrogen-bond acceptors (Lipinski definition) is 5. The molecular weight excluding hydrogens is 459 g/mol. The Hall–Kier alpha value is -3.14. The van der Waals surface area contributed by atoms with Crippen LogP contribution in [0.25, 0.3) is 10.9 Å². The third kappa shape index (κ3) is 5.93. The fourth-order valence-electron chi connectivity index (χ4n) is 4.42. The number of pyridine rings is 1. The van der Waals surface area contributed by atoms with Gasteiger partial charge in [-0.1, -0.05) is 25.8 Å². The molecule has 0 radical (unpaired) electrons. The molecule has 35 heavy (non-hydrogen) atoms. The second kappa shape index (κ2) is 10.6. The number of rotatable bonds is 8. The van der Waals surface area contributed by atoms with Crippen molar-refractivity contribution in [2.24, 2.45) is 0 Å². The number of aromatic nitrogens is 3. The number of carbonyl (C=O) groups is 1. The number of nitrogens with zero attached hydrogens (tertiary/aromatic N) is 4. The zero-order valence-electron chi connectivity index (χ0n) is 19.9. The number of benzene rings is 1. The van der Waals surface area contributed by atoms with Crippen molar-refractivity contribution in [3.8, 4) is 5.75 Å². The molecule has 0 bridgehead atoms. The highest BCUT2D eigenvalue weighted by molar-refractivity contribution is 6.05. The number of piperidine rings is 1. The van der Waals surface area contributed by atoms with Crippen LogP contribution in [-0.4, -0.2) is 52.3 Å². The van der Waals surface area contributed by atoms with E-state index in [4.69, 9.17) is 9.84 Å². The van der Waals surface area contributed by atoms with Crippen LogP contribution in [0, 0.1) is 0 Å². The van der Waals surface area contributed by atoms with E-state index < -0.39 is 17.8 Å². The highest BCUT2D eigenvalue weighted by Crippen LogP contribution is 2.32. The van der Waals surface area contributed by atoms with Gasteiger partial charge in [-0.25, -0.2) is 4.98 Å². The Morgan fingerprint density at radius 2 is 1.97 bits per heavy atom. The number of unbranched alkanes of at least 4 members (excludes halogenated alkanes) is 2. The number of halogens is 3. The van der Waals surface area contributed by atoms with Gasteiger partial charge in [-0.2, -0.15) is 18.3 Å². The van der Waals surface area contributed by atoms with Crippen LogP contribution in [0.5, 0.6) is 5.75 Å². The number of methoxy groups -OCH3 is 1. The molecule has 0 aliphatic carbocycles. The van der Waals surface area contributed by atoms with Crippen LogP contribution in [0.1, 0.15) is 61.3 Å². The van der Waals surface area contributed by atoms with Crippen molar-refractivity contribution in [2.45, 2.75) is 51.2 Å². The number of hydrogen-bond donors (Lipinski definition) is 1. The summed E-state index contributed by atoms with van der Waals surface area (Å²) in [5.41, 5.74) is -0.384. The third-order valence-electron chi connectivity index (χ3n) is 6.37. The summed E-state index contributed by atoms with van der Waals surface area (Å²) < 4.78 is 46.3. The molecule has 7 nitrogen and oxygen atoms in total. The molecule has 3 heterocycles. The van der Waals surface area contributed by atoms with E-state index in [0.29, 0.717) is 17.5 Å². The van der Waals surface area contributed by atoms with Gasteiger partial charge in [-0.3, -0.25) is 9.48 Å². The van der Waals surface area contributed by atoms with Crippen molar-refractivity contribution in [1.29, 1.82) is 0 Å². The number of ether oxygens (including phenoxy) is 1. The first-order valence-electron chi connectivity index (χ1n) is 11.9. The number of alkyl halides is 3. The predicted octanol–water partition coefficient (Wildman–Crippen LogP) is 5.54. The van der Waals surface area contributed by atoms with Crippen LogP contribution in [0.15, 0.2) is 36.5 Å². The molecule has 10 heteroatoms. The van der Waals surface area contributed by atoms with Crippen molar-refractivity contribution < 1.29 is 22.7 Å². The quantitative estimate of drug-likeness (QED) is 0.421. The van der Waals surface area contributed by atoms with Gasteiger partial charge in [0, 0.05) is 30.7 Å². The van der Waals surface area contributed by atoms with E-state index in [9.17, 15) is 18.0 Å². The van der Waals surface area contributed by atoms with E-state index in [-0.39, 0.29) is 5.69 Å². The molecule has 2 aromatic heterocycles. The van der Waals surface area contributed by atoms with Crippen LogP contribution in [0.2, 0.25) is 0 Å². The highest BCUT2D eigenvalue weighted by atomic mass is 19.4. The normalized spacial score (nSPS) is 15.5. The van der Waals surface area contributed by atoms with E-state index in [1.165, 1.54) is 32.4 Å². The molecule has 1 amide bonds. The van der Waals surface area contributed by atoms with Gasteiger partial charge in [0.25, 0.3) is 5.91 Å². The Kier molecular flexibility index (Phi) is 7.59. The summed E-state index contributed by atoms with van der Waals surface area (Å²) in [6, 6.07) is 6.97. The number of likely N-dealkylation sites (tertiary alicyclic amines) is 1. The van der Waals surface area contributed by atoms with Crippen LogP contribution in [-0.2, 0) is 6.18 Å². The van der Waals surface area contributed by atoms with Crippen molar-refractivity contribution >= 4 is 22.5 Å². The predicted molar refractivity (Wildman–Crippen MR) is 128 cm³/mol. The lowest BCUT2D eigenvalue weighted by molar-refractivity contribution is -0.141. The van der Waals surface area contributed by atoms with Gasteiger partial charge >= 0.3 is 6.18 Å². The number of amides is 1. The zero-order valence-corrected chi connectivity index (χ0v) is 19.9. The van der Waals surface area contributed by atoms with Gasteiger partial charge in [0.15, 0.2) is 0 Å². The minimum Gasteiger partial charge on any atom is -0.494 e. The molecule has 1 aliphatic rings. The van der Waals surface area contributed by atoms with Gasteiger partial charge in [-0.15, -0.1) is 0 Å². The first-order chi connectivity index (χ1) is 16.8. The van der Waals surface area contributed by atoms with Gasteiger partial charge < -0.3 is 15.0 Å². The fourth-order valence-corrected chi connectivity index (χ4v) is 4.42. The summed E-state index contributed by atoms with van der Waals surface area (Å²) in [6.07, 6.45) is 3.06. The van der Waals surface area contributed by atoms with Crippen LogP contribution >= 0.6 is 0 Å².